The third kappa shape index (κ3) is 5.55. The molecular weight excluding hydrogens is 306 g/mol. The highest BCUT2D eigenvalue weighted by molar-refractivity contribution is 9.10. The van der Waals surface area contributed by atoms with Crippen LogP contribution in [0.1, 0.15) is 44.0 Å². The molecule has 104 valence electrons. The molecule has 0 saturated heterocycles. The Morgan fingerprint density at radius 3 is 2.21 bits per heavy atom. The zero-order valence-corrected chi connectivity index (χ0v) is 13.2. The van der Waals surface area contributed by atoms with Gasteiger partial charge >= 0.3 is 0 Å². The van der Waals surface area contributed by atoms with Gasteiger partial charge in [-0.05, 0) is 25.0 Å². The second-order valence-electron chi connectivity index (χ2n) is 5.03. The molecule has 19 heavy (non-hydrogen) atoms. The van der Waals surface area contributed by atoms with E-state index in [4.69, 9.17) is 0 Å². The van der Waals surface area contributed by atoms with Crippen LogP contribution in [0.15, 0.2) is 28.7 Å². The van der Waals surface area contributed by atoms with Gasteiger partial charge in [-0.3, -0.25) is 9.59 Å². The first-order valence-corrected chi connectivity index (χ1v) is 7.27. The Balaban J connectivity index is 2.42. The minimum atomic E-state index is -0.0633. The molecule has 0 bridgehead atoms. The van der Waals surface area contributed by atoms with Gasteiger partial charge in [0.05, 0.1) is 0 Å². The summed E-state index contributed by atoms with van der Waals surface area (Å²) in [6, 6.07) is 7.32. The summed E-state index contributed by atoms with van der Waals surface area (Å²) in [6.45, 7) is 6.08. The van der Waals surface area contributed by atoms with Crippen molar-refractivity contribution in [2.75, 3.05) is 0 Å². The summed E-state index contributed by atoms with van der Waals surface area (Å²) in [4.78, 5) is 23.6. The average Bonchev–Trinajstić information content (AvgIpc) is 2.36. The summed E-state index contributed by atoms with van der Waals surface area (Å²) in [6.07, 6.45) is 0.490. The van der Waals surface area contributed by atoms with Crippen LogP contribution in [0, 0.1) is 5.92 Å². The molecule has 1 aromatic carbocycles. The average molecular weight is 326 g/mol. The van der Waals surface area contributed by atoms with Crippen LogP contribution < -0.4 is 5.32 Å². The Labute approximate surface area is 122 Å². The van der Waals surface area contributed by atoms with E-state index in [2.05, 4.69) is 35.1 Å². The molecule has 0 heterocycles. The molecule has 0 radical (unpaired) electrons. The van der Waals surface area contributed by atoms with Crippen molar-refractivity contribution in [2.45, 2.75) is 39.7 Å². The van der Waals surface area contributed by atoms with E-state index in [9.17, 15) is 9.59 Å². The maximum absolute atomic E-state index is 11.9. The molecule has 0 aliphatic heterocycles. The number of carbonyl (C=O) groups excluding carboxylic acids is 2. The smallest absolute Gasteiger partial charge is 0.220 e. The lowest BCUT2D eigenvalue weighted by molar-refractivity contribution is -0.121. The van der Waals surface area contributed by atoms with E-state index in [1.54, 1.807) is 12.1 Å². The Bertz CT molecular complexity index is 440. The number of hydrogen-bond donors (Lipinski definition) is 1. The maximum atomic E-state index is 11.9. The SMILES string of the molecule is CC(C)[C@H](C)NC(=O)CCC(=O)c1ccc(Br)cc1. The van der Waals surface area contributed by atoms with Gasteiger partial charge in [-0.25, -0.2) is 0 Å². The maximum Gasteiger partial charge on any atom is 0.220 e. The number of carbonyl (C=O) groups is 2. The zero-order valence-electron chi connectivity index (χ0n) is 11.6. The van der Waals surface area contributed by atoms with Gasteiger partial charge in [-0.1, -0.05) is 41.9 Å². The first-order valence-electron chi connectivity index (χ1n) is 6.48. The standard InChI is InChI=1S/C15H20BrNO2/c1-10(2)11(3)17-15(19)9-8-14(18)12-4-6-13(16)7-5-12/h4-7,10-11H,8-9H2,1-3H3,(H,17,19)/t11-/m0/s1. The second-order valence-corrected chi connectivity index (χ2v) is 5.95. The fourth-order valence-electron chi connectivity index (χ4n) is 1.50. The first kappa shape index (κ1) is 15.9. The summed E-state index contributed by atoms with van der Waals surface area (Å²) in [5.41, 5.74) is 0.646. The number of rotatable bonds is 6. The number of amides is 1. The minimum absolute atomic E-state index is 0.000139. The van der Waals surface area contributed by atoms with Crippen LogP contribution in [0.25, 0.3) is 0 Å². The van der Waals surface area contributed by atoms with Crippen molar-refractivity contribution in [3.05, 3.63) is 34.3 Å². The number of Topliss-reactive ketones (excluding diaryl/α,β-unsaturated/α-hetero) is 1. The highest BCUT2D eigenvalue weighted by atomic mass is 79.9. The van der Waals surface area contributed by atoms with Gasteiger partial charge in [-0.15, -0.1) is 0 Å². The molecule has 0 fully saturated rings. The Hall–Kier alpha value is -1.16. The zero-order chi connectivity index (χ0) is 14.4. The van der Waals surface area contributed by atoms with Crippen molar-refractivity contribution in [3.63, 3.8) is 0 Å². The normalized spacial score (nSPS) is 12.3. The summed E-state index contributed by atoms with van der Waals surface area (Å²) >= 11 is 3.32. The van der Waals surface area contributed by atoms with E-state index in [1.165, 1.54) is 0 Å². The predicted octanol–water partition coefficient (Wildman–Crippen LogP) is 3.57. The number of ketones is 1. The van der Waals surface area contributed by atoms with Gasteiger partial charge in [0.15, 0.2) is 5.78 Å². The molecule has 0 saturated carbocycles. The van der Waals surface area contributed by atoms with E-state index in [-0.39, 0.29) is 30.6 Å². The van der Waals surface area contributed by atoms with Crippen LogP contribution in [0.5, 0.6) is 0 Å². The van der Waals surface area contributed by atoms with Crippen molar-refractivity contribution in [2.24, 2.45) is 5.92 Å². The first-order chi connectivity index (χ1) is 8.90. The minimum Gasteiger partial charge on any atom is -0.353 e. The Kier molecular flexibility index (Phi) is 6.22. The van der Waals surface area contributed by atoms with Crippen molar-refractivity contribution >= 4 is 27.6 Å². The lowest BCUT2D eigenvalue weighted by Crippen LogP contribution is -2.36. The van der Waals surface area contributed by atoms with E-state index < -0.39 is 0 Å². The lowest BCUT2D eigenvalue weighted by atomic mass is 10.0. The molecule has 1 atom stereocenters. The van der Waals surface area contributed by atoms with Crippen LogP contribution in [0.2, 0.25) is 0 Å². The molecule has 0 aromatic heterocycles. The van der Waals surface area contributed by atoms with Crippen molar-refractivity contribution in [1.82, 2.24) is 5.32 Å². The van der Waals surface area contributed by atoms with E-state index in [0.29, 0.717) is 11.5 Å². The van der Waals surface area contributed by atoms with E-state index in [1.807, 2.05) is 19.1 Å². The molecule has 1 N–H and O–H groups in total. The van der Waals surface area contributed by atoms with Crippen molar-refractivity contribution in [1.29, 1.82) is 0 Å². The second kappa shape index (κ2) is 7.43. The molecule has 0 spiro atoms. The molecule has 1 aromatic rings. The van der Waals surface area contributed by atoms with Crippen molar-refractivity contribution < 1.29 is 9.59 Å². The van der Waals surface area contributed by atoms with Crippen LogP contribution >= 0.6 is 15.9 Å². The molecule has 3 nitrogen and oxygen atoms in total. The largest absolute Gasteiger partial charge is 0.353 e. The fourth-order valence-corrected chi connectivity index (χ4v) is 1.76. The van der Waals surface area contributed by atoms with Gasteiger partial charge in [-0.2, -0.15) is 0 Å². The molecule has 1 rings (SSSR count). The van der Waals surface area contributed by atoms with Crippen LogP contribution in [-0.2, 0) is 4.79 Å². The monoisotopic (exact) mass is 325 g/mol. The highest BCUT2D eigenvalue weighted by Crippen LogP contribution is 2.12. The van der Waals surface area contributed by atoms with Gasteiger partial charge in [0.1, 0.15) is 0 Å². The van der Waals surface area contributed by atoms with Gasteiger partial charge in [0.25, 0.3) is 0 Å². The number of benzene rings is 1. The van der Waals surface area contributed by atoms with Gasteiger partial charge in [0.2, 0.25) is 5.91 Å². The summed E-state index contributed by atoms with van der Waals surface area (Å²) in [5.74, 6) is 0.331. The quantitative estimate of drug-likeness (QED) is 0.812. The van der Waals surface area contributed by atoms with Crippen LogP contribution in [0.4, 0.5) is 0 Å². The number of nitrogens with one attached hydrogen (secondary N) is 1. The molecule has 0 aliphatic rings. The third-order valence-corrected chi connectivity index (χ3v) is 3.66. The molecular formula is C15H20BrNO2. The summed E-state index contributed by atoms with van der Waals surface area (Å²) < 4.78 is 0.938. The molecule has 1 amide bonds. The number of hydrogen-bond acceptors (Lipinski definition) is 2. The van der Waals surface area contributed by atoms with Crippen molar-refractivity contribution in [3.8, 4) is 0 Å². The highest BCUT2D eigenvalue weighted by Gasteiger charge is 2.13. The van der Waals surface area contributed by atoms with Crippen LogP contribution in [-0.4, -0.2) is 17.7 Å². The number of halogens is 1. The third-order valence-electron chi connectivity index (χ3n) is 3.13. The van der Waals surface area contributed by atoms with Crippen LogP contribution in [0.3, 0.4) is 0 Å². The fraction of sp³-hybridized carbons (Fsp3) is 0.467. The van der Waals surface area contributed by atoms with E-state index >= 15 is 0 Å². The topological polar surface area (TPSA) is 46.2 Å². The molecule has 0 aliphatic carbocycles. The van der Waals surface area contributed by atoms with Gasteiger partial charge < -0.3 is 5.32 Å². The van der Waals surface area contributed by atoms with Gasteiger partial charge in [0, 0.05) is 28.9 Å². The molecule has 0 unspecified atom stereocenters. The Morgan fingerprint density at radius 1 is 1.11 bits per heavy atom. The Morgan fingerprint density at radius 2 is 1.68 bits per heavy atom. The lowest BCUT2D eigenvalue weighted by Gasteiger charge is -2.17. The van der Waals surface area contributed by atoms with E-state index in [0.717, 1.165) is 4.47 Å². The predicted molar refractivity (Wildman–Crippen MR) is 80.1 cm³/mol. The summed E-state index contributed by atoms with van der Waals surface area (Å²) in [5, 5.41) is 2.90. The molecule has 4 heteroatoms. The summed E-state index contributed by atoms with van der Waals surface area (Å²) in [7, 11) is 0.